The molecule has 2 aromatic rings. The summed E-state index contributed by atoms with van der Waals surface area (Å²) in [6, 6.07) is 15.8. The molecule has 0 saturated carbocycles. The summed E-state index contributed by atoms with van der Waals surface area (Å²) in [4.78, 5) is 0. The van der Waals surface area contributed by atoms with Crippen molar-refractivity contribution in [3.05, 3.63) is 56.1 Å². The molecule has 0 aliphatic heterocycles. The van der Waals surface area contributed by atoms with Gasteiger partial charge in [-0.1, -0.05) is 22.0 Å². The van der Waals surface area contributed by atoms with Crippen LogP contribution in [0.3, 0.4) is 0 Å². The van der Waals surface area contributed by atoms with Crippen molar-refractivity contribution in [3.8, 4) is 6.07 Å². The summed E-state index contributed by atoms with van der Waals surface area (Å²) in [5, 5.41) is 12.3. The van der Waals surface area contributed by atoms with Crippen molar-refractivity contribution in [3.63, 3.8) is 0 Å². The first kappa shape index (κ1) is 12.4. The van der Waals surface area contributed by atoms with Crippen molar-refractivity contribution in [1.29, 1.82) is 5.26 Å². The standard InChI is InChI=1S/C13H8BrIN2/c14-10-4-5-13(9(6-10)8-16)17-12-3-1-2-11(15)7-12/h1-7,17H. The molecule has 0 radical (unpaired) electrons. The molecule has 0 spiro atoms. The number of nitrogens with zero attached hydrogens (tertiary/aromatic N) is 1. The Balaban J connectivity index is 2.34. The Bertz CT molecular complexity index is 590. The Hall–Kier alpha value is -1.06. The van der Waals surface area contributed by atoms with Gasteiger partial charge in [0.1, 0.15) is 6.07 Å². The molecular formula is C13H8BrIN2. The normalized spacial score (nSPS) is 9.71. The Kier molecular flexibility index (Phi) is 4.02. The summed E-state index contributed by atoms with van der Waals surface area (Å²) in [7, 11) is 0. The highest BCUT2D eigenvalue weighted by Gasteiger charge is 2.03. The first-order chi connectivity index (χ1) is 8.19. The molecule has 2 rings (SSSR count). The van der Waals surface area contributed by atoms with E-state index in [0.717, 1.165) is 19.4 Å². The van der Waals surface area contributed by atoms with Gasteiger partial charge in [-0.3, -0.25) is 0 Å². The zero-order chi connectivity index (χ0) is 12.3. The molecule has 0 amide bonds. The van der Waals surface area contributed by atoms with E-state index in [-0.39, 0.29) is 0 Å². The summed E-state index contributed by atoms with van der Waals surface area (Å²) < 4.78 is 2.06. The van der Waals surface area contributed by atoms with E-state index in [9.17, 15) is 0 Å². The lowest BCUT2D eigenvalue weighted by Gasteiger charge is -2.08. The summed E-state index contributed by atoms with van der Waals surface area (Å²) in [6.45, 7) is 0. The predicted molar refractivity (Wildman–Crippen MR) is 81.3 cm³/mol. The van der Waals surface area contributed by atoms with Crippen LogP contribution in [0.1, 0.15) is 5.56 Å². The van der Waals surface area contributed by atoms with Crippen LogP contribution in [0.15, 0.2) is 46.9 Å². The topological polar surface area (TPSA) is 35.8 Å². The second kappa shape index (κ2) is 5.52. The zero-order valence-electron chi connectivity index (χ0n) is 8.74. The molecule has 0 fully saturated rings. The molecule has 2 aromatic carbocycles. The molecule has 0 aromatic heterocycles. The third kappa shape index (κ3) is 3.20. The first-order valence-corrected chi connectivity index (χ1v) is 6.78. The van der Waals surface area contributed by atoms with Gasteiger partial charge in [0.15, 0.2) is 0 Å². The number of hydrogen-bond acceptors (Lipinski definition) is 2. The minimum atomic E-state index is 0.623. The van der Waals surface area contributed by atoms with Crippen LogP contribution in [-0.2, 0) is 0 Å². The van der Waals surface area contributed by atoms with Crippen LogP contribution in [-0.4, -0.2) is 0 Å². The minimum absolute atomic E-state index is 0.623. The fourth-order valence-corrected chi connectivity index (χ4v) is 2.34. The van der Waals surface area contributed by atoms with Gasteiger partial charge in [-0.05, 0) is 59.0 Å². The Morgan fingerprint density at radius 3 is 2.71 bits per heavy atom. The van der Waals surface area contributed by atoms with Crippen molar-refractivity contribution in [2.24, 2.45) is 0 Å². The van der Waals surface area contributed by atoms with Crippen LogP contribution in [0, 0.1) is 14.9 Å². The molecule has 0 bridgehead atoms. The average Bonchev–Trinajstić information content (AvgIpc) is 2.31. The van der Waals surface area contributed by atoms with E-state index in [1.807, 2.05) is 36.4 Å². The van der Waals surface area contributed by atoms with Gasteiger partial charge in [-0.2, -0.15) is 5.26 Å². The molecule has 1 N–H and O–H groups in total. The van der Waals surface area contributed by atoms with Gasteiger partial charge in [0, 0.05) is 13.7 Å². The van der Waals surface area contributed by atoms with Crippen LogP contribution in [0.5, 0.6) is 0 Å². The number of anilines is 2. The van der Waals surface area contributed by atoms with Crippen LogP contribution < -0.4 is 5.32 Å². The summed E-state index contributed by atoms with van der Waals surface area (Å²) in [5.41, 5.74) is 2.42. The molecule has 2 nitrogen and oxygen atoms in total. The second-order valence-electron chi connectivity index (χ2n) is 3.44. The molecule has 0 aliphatic carbocycles. The molecule has 0 saturated heterocycles. The minimum Gasteiger partial charge on any atom is -0.354 e. The summed E-state index contributed by atoms with van der Waals surface area (Å²) in [5.74, 6) is 0. The first-order valence-electron chi connectivity index (χ1n) is 4.91. The van der Waals surface area contributed by atoms with E-state index in [1.165, 1.54) is 0 Å². The van der Waals surface area contributed by atoms with Crippen molar-refractivity contribution >= 4 is 49.9 Å². The fourth-order valence-electron chi connectivity index (χ4n) is 1.44. The molecule has 84 valence electrons. The van der Waals surface area contributed by atoms with Crippen molar-refractivity contribution in [1.82, 2.24) is 0 Å². The molecular weight excluding hydrogens is 391 g/mol. The maximum atomic E-state index is 9.06. The highest BCUT2D eigenvalue weighted by Crippen LogP contribution is 2.24. The number of benzene rings is 2. The molecule has 0 unspecified atom stereocenters. The predicted octanol–water partition coefficient (Wildman–Crippen LogP) is 4.67. The van der Waals surface area contributed by atoms with Crippen molar-refractivity contribution < 1.29 is 0 Å². The van der Waals surface area contributed by atoms with E-state index >= 15 is 0 Å². The number of hydrogen-bond donors (Lipinski definition) is 1. The average molecular weight is 399 g/mol. The van der Waals surface area contributed by atoms with Gasteiger partial charge < -0.3 is 5.32 Å². The number of halogens is 2. The lowest BCUT2D eigenvalue weighted by Crippen LogP contribution is -1.93. The van der Waals surface area contributed by atoms with Gasteiger partial charge in [-0.25, -0.2) is 0 Å². The van der Waals surface area contributed by atoms with Gasteiger partial charge in [-0.15, -0.1) is 0 Å². The quantitative estimate of drug-likeness (QED) is 0.746. The van der Waals surface area contributed by atoms with E-state index in [4.69, 9.17) is 5.26 Å². The molecule has 0 heterocycles. The Morgan fingerprint density at radius 1 is 1.18 bits per heavy atom. The summed E-state index contributed by atoms with van der Waals surface area (Å²) in [6.07, 6.45) is 0. The third-order valence-electron chi connectivity index (χ3n) is 2.21. The van der Waals surface area contributed by atoms with E-state index in [1.54, 1.807) is 6.07 Å². The highest BCUT2D eigenvalue weighted by atomic mass is 127. The van der Waals surface area contributed by atoms with Crippen LogP contribution >= 0.6 is 38.5 Å². The SMILES string of the molecule is N#Cc1cc(Br)ccc1Nc1cccc(I)c1. The molecule has 0 aliphatic rings. The maximum absolute atomic E-state index is 9.06. The zero-order valence-corrected chi connectivity index (χ0v) is 12.5. The van der Waals surface area contributed by atoms with Gasteiger partial charge in [0.2, 0.25) is 0 Å². The van der Waals surface area contributed by atoms with Crippen LogP contribution in [0.25, 0.3) is 0 Å². The van der Waals surface area contributed by atoms with Gasteiger partial charge in [0.25, 0.3) is 0 Å². The molecule has 17 heavy (non-hydrogen) atoms. The summed E-state index contributed by atoms with van der Waals surface area (Å²) >= 11 is 5.61. The number of rotatable bonds is 2. The number of nitrogens with one attached hydrogen (secondary N) is 1. The highest BCUT2D eigenvalue weighted by molar-refractivity contribution is 14.1. The smallest absolute Gasteiger partial charge is 0.101 e. The van der Waals surface area contributed by atoms with Crippen molar-refractivity contribution in [2.45, 2.75) is 0 Å². The van der Waals surface area contributed by atoms with Crippen LogP contribution in [0.4, 0.5) is 11.4 Å². The van der Waals surface area contributed by atoms with Gasteiger partial charge >= 0.3 is 0 Å². The third-order valence-corrected chi connectivity index (χ3v) is 3.37. The largest absolute Gasteiger partial charge is 0.354 e. The molecule has 4 heteroatoms. The van der Waals surface area contributed by atoms with E-state index in [2.05, 4.69) is 49.9 Å². The lowest BCUT2D eigenvalue weighted by molar-refractivity contribution is 1.45. The van der Waals surface area contributed by atoms with Crippen molar-refractivity contribution in [2.75, 3.05) is 5.32 Å². The molecule has 0 atom stereocenters. The maximum Gasteiger partial charge on any atom is 0.101 e. The second-order valence-corrected chi connectivity index (χ2v) is 5.60. The fraction of sp³-hybridized carbons (Fsp3) is 0. The van der Waals surface area contributed by atoms with E-state index < -0.39 is 0 Å². The van der Waals surface area contributed by atoms with Gasteiger partial charge in [0.05, 0.1) is 11.3 Å². The van der Waals surface area contributed by atoms with Crippen LogP contribution in [0.2, 0.25) is 0 Å². The lowest BCUT2D eigenvalue weighted by atomic mass is 10.2. The Labute approximate surface area is 122 Å². The van der Waals surface area contributed by atoms with E-state index in [0.29, 0.717) is 5.56 Å². The Morgan fingerprint density at radius 2 is 2.00 bits per heavy atom. The monoisotopic (exact) mass is 398 g/mol. The number of nitriles is 1.